The van der Waals surface area contributed by atoms with Crippen molar-refractivity contribution in [3.63, 3.8) is 0 Å². The summed E-state index contributed by atoms with van der Waals surface area (Å²) in [5.41, 5.74) is 0.454. The van der Waals surface area contributed by atoms with Crippen molar-refractivity contribution < 1.29 is 9.53 Å². The molecule has 0 radical (unpaired) electrons. The Balaban J connectivity index is 2.09. The van der Waals surface area contributed by atoms with Gasteiger partial charge in [0.05, 0.1) is 6.61 Å². The SMILES string of the molecule is C=C(C)C(=O)OCCCSc1ccccc1. The molecule has 0 heterocycles. The first-order valence-electron chi connectivity index (χ1n) is 5.20. The first kappa shape index (κ1) is 12.8. The molecule has 0 amide bonds. The summed E-state index contributed by atoms with van der Waals surface area (Å²) in [6, 6.07) is 10.2. The fourth-order valence-electron chi connectivity index (χ4n) is 1.05. The van der Waals surface area contributed by atoms with E-state index in [0.717, 1.165) is 12.2 Å². The minimum absolute atomic E-state index is 0.301. The molecule has 0 bridgehead atoms. The van der Waals surface area contributed by atoms with Gasteiger partial charge in [-0.05, 0) is 25.5 Å². The minimum Gasteiger partial charge on any atom is -0.462 e. The van der Waals surface area contributed by atoms with Crippen LogP contribution in [-0.2, 0) is 9.53 Å². The van der Waals surface area contributed by atoms with Gasteiger partial charge in [-0.25, -0.2) is 4.79 Å². The Morgan fingerprint density at radius 1 is 1.38 bits per heavy atom. The van der Waals surface area contributed by atoms with Crippen molar-refractivity contribution in [1.82, 2.24) is 0 Å². The summed E-state index contributed by atoms with van der Waals surface area (Å²) >= 11 is 1.77. The highest BCUT2D eigenvalue weighted by Gasteiger charge is 2.01. The second-order valence-corrected chi connectivity index (χ2v) is 4.60. The van der Waals surface area contributed by atoms with Crippen LogP contribution in [0.2, 0.25) is 0 Å². The smallest absolute Gasteiger partial charge is 0.333 e. The predicted octanol–water partition coefficient (Wildman–Crippen LogP) is 3.29. The van der Waals surface area contributed by atoms with Gasteiger partial charge < -0.3 is 4.74 Å². The van der Waals surface area contributed by atoms with E-state index >= 15 is 0 Å². The van der Waals surface area contributed by atoms with E-state index in [2.05, 4.69) is 18.7 Å². The molecule has 86 valence electrons. The van der Waals surface area contributed by atoms with E-state index < -0.39 is 0 Å². The maximum absolute atomic E-state index is 11.0. The van der Waals surface area contributed by atoms with E-state index in [4.69, 9.17) is 4.74 Å². The molecule has 1 aromatic carbocycles. The standard InChI is InChI=1S/C13H16O2S/c1-11(2)13(14)15-9-6-10-16-12-7-4-3-5-8-12/h3-5,7-8H,1,6,9-10H2,2H3. The highest BCUT2D eigenvalue weighted by atomic mass is 32.2. The number of rotatable bonds is 6. The summed E-state index contributed by atoms with van der Waals surface area (Å²) in [6.07, 6.45) is 0.860. The zero-order valence-electron chi connectivity index (χ0n) is 9.44. The van der Waals surface area contributed by atoms with Crippen LogP contribution in [0, 0.1) is 0 Å². The number of esters is 1. The van der Waals surface area contributed by atoms with Crippen molar-refractivity contribution in [1.29, 1.82) is 0 Å². The number of hydrogen-bond donors (Lipinski definition) is 0. The Morgan fingerprint density at radius 2 is 2.06 bits per heavy atom. The number of carbonyl (C=O) groups is 1. The van der Waals surface area contributed by atoms with Crippen LogP contribution in [0.4, 0.5) is 0 Å². The summed E-state index contributed by atoms with van der Waals surface area (Å²) in [7, 11) is 0. The summed E-state index contributed by atoms with van der Waals surface area (Å²) in [5, 5.41) is 0. The zero-order valence-corrected chi connectivity index (χ0v) is 10.3. The quantitative estimate of drug-likeness (QED) is 0.328. The van der Waals surface area contributed by atoms with Crippen molar-refractivity contribution in [3.05, 3.63) is 42.5 Å². The first-order valence-corrected chi connectivity index (χ1v) is 6.19. The lowest BCUT2D eigenvalue weighted by molar-refractivity contribution is -0.138. The Hall–Kier alpha value is -1.22. The van der Waals surface area contributed by atoms with Crippen LogP contribution < -0.4 is 0 Å². The fraction of sp³-hybridized carbons (Fsp3) is 0.308. The molecular weight excluding hydrogens is 220 g/mol. The highest BCUT2D eigenvalue weighted by Crippen LogP contribution is 2.17. The van der Waals surface area contributed by atoms with Gasteiger partial charge in [0.25, 0.3) is 0 Å². The van der Waals surface area contributed by atoms with Gasteiger partial charge in [0.15, 0.2) is 0 Å². The van der Waals surface area contributed by atoms with E-state index in [9.17, 15) is 4.79 Å². The van der Waals surface area contributed by atoms with Crippen LogP contribution in [0.3, 0.4) is 0 Å². The molecular formula is C13H16O2S. The Kier molecular flexibility index (Phi) is 5.72. The monoisotopic (exact) mass is 236 g/mol. The van der Waals surface area contributed by atoms with Crippen LogP contribution in [0.25, 0.3) is 0 Å². The number of benzene rings is 1. The lowest BCUT2D eigenvalue weighted by atomic mass is 10.4. The van der Waals surface area contributed by atoms with Gasteiger partial charge in [-0.3, -0.25) is 0 Å². The van der Waals surface area contributed by atoms with Gasteiger partial charge in [0.2, 0.25) is 0 Å². The first-order chi connectivity index (χ1) is 7.70. The Bertz CT molecular complexity index is 346. The molecule has 0 aliphatic rings. The highest BCUT2D eigenvalue weighted by molar-refractivity contribution is 7.99. The van der Waals surface area contributed by atoms with Crippen molar-refractivity contribution >= 4 is 17.7 Å². The fourth-order valence-corrected chi connectivity index (χ4v) is 1.90. The third-order valence-electron chi connectivity index (χ3n) is 1.88. The maximum atomic E-state index is 11.0. The molecule has 0 aliphatic carbocycles. The Labute approximate surface area is 101 Å². The van der Waals surface area contributed by atoms with Crippen molar-refractivity contribution in [2.24, 2.45) is 0 Å². The summed E-state index contributed by atoms with van der Waals surface area (Å²) < 4.78 is 4.99. The van der Waals surface area contributed by atoms with Gasteiger partial charge in [-0.2, -0.15) is 0 Å². The normalized spacial score (nSPS) is 9.81. The third kappa shape index (κ3) is 5.03. The molecule has 0 spiro atoms. The molecule has 0 aliphatic heterocycles. The van der Waals surface area contributed by atoms with Crippen LogP contribution in [0.1, 0.15) is 13.3 Å². The van der Waals surface area contributed by atoms with Crippen molar-refractivity contribution in [2.45, 2.75) is 18.2 Å². The van der Waals surface area contributed by atoms with Gasteiger partial charge in [-0.1, -0.05) is 24.8 Å². The number of carbonyl (C=O) groups excluding carboxylic acids is 1. The molecule has 16 heavy (non-hydrogen) atoms. The molecule has 1 rings (SSSR count). The summed E-state index contributed by atoms with van der Waals surface area (Å²) in [6.45, 7) is 5.64. The van der Waals surface area contributed by atoms with Crippen molar-refractivity contribution in [2.75, 3.05) is 12.4 Å². The molecule has 0 fully saturated rings. The molecule has 0 atom stereocenters. The predicted molar refractivity (Wildman–Crippen MR) is 67.6 cm³/mol. The van der Waals surface area contributed by atoms with Crippen molar-refractivity contribution in [3.8, 4) is 0 Å². The number of thioether (sulfide) groups is 1. The Morgan fingerprint density at radius 3 is 2.69 bits per heavy atom. The number of ether oxygens (including phenoxy) is 1. The minimum atomic E-state index is -0.301. The van der Waals surface area contributed by atoms with Crippen LogP contribution in [-0.4, -0.2) is 18.3 Å². The van der Waals surface area contributed by atoms with E-state index in [-0.39, 0.29) is 5.97 Å². The average Bonchev–Trinajstić information content (AvgIpc) is 2.29. The lowest BCUT2D eigenvalue weighted by Gasteiger charge is -2.04. The van der Waals surface area contributed by atoms with Crippen LogP contribution >= 0.6 is 11.8 Å². The molecule has 0 saturated carbocycles. The summed E-state index contributed by atoms with van der Waals surface area (Å²) in [5.74, 6) is 0.651. The lowest BCUT2D eigenvalue weighted by Crippen LogP contribution is -2.06. The third-order valence-corrected chi connectivity index (χ3v) is 2.98. The molecule has 0 saturated heterocycles. The van der Waals surface area contributed by atoms with Gasteiger partial charge >= 0.3 is 5.97 Å². The largest absolute Gasteiger partial charge is 0.462 e. The summed E-state index contributed by atoms with van der Waals surface area (Å²) in [4.78, 5) is 12.3. The second-order valence-electron chi connectivity index (χ2n) is 3.43. The van der Waals surface area contributed by atoms with Gasteiger partial charge in [0.1, 0.15) is 0 Å². The maximum Gasteiger partial charge on any atom is 0.333 e. The van der Waals surface area contributed by atoms with Crippen LogP contribution in [0.15, 0.2) is 47.4 Å². The van der Waals surface area contributed by atoms with Gasteiger partial charge in [0, 0.05) is 16.2 Å². The van der Waals surface area contributed by atoms with E-state index in [1.807, 2.05) is 18.2 Å². The molecule has 0 N–H and O–H groups in total. The second kappa shape index (κ2) is 7.12. The topological polar surface area (TPSA) is 26.3 Å². The van der Waals surface area contributed by atoms with Gasteiger partial charge in [-0.15, -0.1) is 11.8 Å². The molecule has 3 heteroatoms. The van der Waals surface area contributed by atoms with Crippen LogP contribution in [0.5, 0.6) is 0 Å². The van der Waals surface area contributed by atoms with E-state index in [1.165, 1.54) is 4.90 Å². The number of hydrogen-bond acceptors (Lipinski definition) is 3. The van der Waals surface area contributed by atoms with E-state index in [1.54, 1.807) is 18.7 Å². The van der Waals surface area contributed by atoms with E-state index in [0.29, 0.717) is 12.2 Å². The zero-order chi connectivity index (χ0) is 11.8. The molecule has 0 unspecified atom stereocenters. The molecule has 1 aromatic rings. The molecule has 2 nitrogen and oxygen atoms in total. The molecule has 0 aromatic heterocycles. The average molecular weight is 236 g/mol.